The lowest BCUT2D eigenvalue weighted by molar-refractivity contribution is 0.0695. The number of aromatic nitrogens is 1. The molecule has 0 fully saturated rings. The molecule has 0 radical (unpaired) electrons. The molecule has 18 heavy (non-hydrogen) atoms. The molecule has 92 valence electrons. The van der Waals surface area contributed by atoms with E-state index in [0.29, 0.717) is 11.4 Å². The Balaban J connectivity index is 2.25. The molecule has 1 aromatic heterocycles. The molecule has 2 aromatic rings. The summed E-state index contributed by atoms with van der Waals surface area (Å²) in [4.78, 5) is 14.8. The highest BCUT2D eigenvalue weighted by Crippen LogP contribution is 2.21. The summed E-state index contributed by atoms with van der Waals surface area (Å²) in [6.45, 7) is 1.57. The molecule has 0 amide bonds. The van der Waals surface area contributed by atoms with Gasteiger partial charge in [0.15, 0.2) is 0 Å². The van der Waals surface area contributed by atoms with Crippen LogP contribution in [-0.4, -0.2) is 16.1 Å². The third-order valence-corrected chi connectivity index (χ3v) is 2.31. The van der Waals surface area contributed by atoms with Gasteiger partial charge in [-0.2, -0.15) is 0 Å². The van der Waals surface area contributed by atoms with Crippen LogP contribution < -0.4 is 4.74 Å². The fourth-order valence-corrected chi connectivity index (χ4v) is 1.47. The minimum Gasteiger partial charge on any atom is -0.478 e. The van der Waals surface area contributed by atoms with E-state index in [1.165, 1.54) is 30.3 Å². The summed E-state index contributed by atoms with van der Waals surface area (Å²) in [6.07, 6.45) is 0. The minimum absolute atomic E-state index is 0.113. The number of ether oxygens (including phenoxy) is 1. The van der Waals surface area contributed by atoms with Gasteiger partial charge in [-0.15, -0.1) is 0 Å². The van der Waals surface area contributed by atoms with Crippen molar-refractivity contribution < 1.29 is 19.0 Å². The first-order valence-electron chi connectivity index (χ1n) is 5.20. The maximum Gasteiger partial charge on any atom is 0.337 e. The summed E-state index contributed by atoms with van der Waals surface area (Å²) in [5, 5.41) is 8.85. The number of benzene rings is 1. The maximum absolute atomic E-state index is 12.9. The van der Waals surface area contributed by atoms with Crippen LogP contribution in [0.25, 0.3) is 0 Å². The van der Waals surface area contributed by atoms with Gasteiger partial charge in [0.05, 0.1) is 11.3 Å². The van der Waals surface area contributed by atoms with Crippen LogP contribution in [0.15, 0.2) is 36.4 Å². The molecule has 0 unspecified atom stereocenters. The standard InChI is InChI=1S/C13H10FNO3/c1-8-11(13(16)17)5-6-12(15-8)18-10-4-2-3-9(14)7-10/h2-7H,1H3,(H,16,17). The predicted octanol–water partition coefficient (Wildman–Crippen LogP) is 3.02. The van der Waals surface area contributed by atoms with Crippen LogP contribution in [0.1, 0.15) is 16.1 Å². The normalized spacial score (nSPS) is 10.1. The predicted molar refractivity (Wildman–Crippen MR) is 62.4 cm³/mol. The van der Waals surface area contributed by atoms with Crippen LogP contribution in [-0.2, 0) is 0 Å². The summed E-state index contributed by atoms with van der Waals surface area (Å²) >= 11 is 0. The molecule has 5 heteroatoms. The van der Waals surface area contributed by atoms with Crippen molar-refractivity contribution >= 4 is 5.97 Å². The Morgan fingerprint density at radius 1 is 1.33 bits per heavy atom. The third-order valence-electron chi connectivity index (χ3n) is 2.31. The lowest BCUT2D eigenvalue weighted by Crippen LogP contribution is -2.02. The molecule has 4 nitrogen and oxygen atoms in total. The Morgan fingerprint density at radius 3 is 2.72 bits per heavy atom. The number of hydrogen-bond acceptors (Lipinski definition) is 3. The molecular weight excluding hydrogens is 237 g/mol. The minimum atomic E-state index is -1.04. The number of halogens is 1. The molecule has 0 saturated heterocycles. The first kappa shape index (κ1) is 12.0. The van der Waals surface area contributed by atoms with Crippen molar-refractivity contribution in [2.45, 2.75) is 6.92 Å². The van der Waals surface area contributed by atoms with E-state index in [1.54, 1.807) is 13.0 Å². The quantitative estimate of drug-likeness (QED) is 0.905. The molecule has 1 N–H and O–H groups in total. The van der Waals surface area contributed by atoms with Crippen LogP contribution in [0, 0.1) is 12.7 Å². The largest absolute Gasteiger partial charge is 0.478 e. The zero-order valence-corrected chi connectivity index (χ0v) is 9.55. The number of hydrogen-bond donors (Lipinski definition) is 1. The number of pyridine rings is 1. The van der Waals surface area contributed by atoms with Crippen molar-refractivity contribution in [3.63, 3.8) is 0 Å². The Morgan fingerprint density at radius 2 is 2.11 bits per heavy atom. The zero-order chi connectivity index (χ0) is 13.1. The molecular formula is C13H10FNO3. The highest BCUT2D eigenvalue weighted by Gasteiger charge is 2.09. The maximum atomic E-state index is 12.9. The zero-order valence-electron chi connectivity index (χ0n) is 9.55. The summed E-state index contributed by atoms with van der Waals surface area (Å²) in [6, 6.07) is 8.47. The smallest absolute Gasteiger partial charge is 0.337 e. The van der Waals surface area contributed by atoms with E-state index in [2.05, 4.69) is 4.98 Å². The Hall–Kier alpha value is -2.43. The molecule has 0 aliphatic heterocycles. The number of rotatable bonds is 3. The van der Waals surface area contributed by atoms with Crippen molar-refractivity contribution in [1.29, 1.82) is 0 Å². The average molecular weight is 247 g/mol. The number of carbonyl (C=O) groups is 1. The molecule has 1 aromatic carbocycles. The van der Waals surface area contributed by atoms with Crippen molar-refractivity contribution in [2.24, 2.45) is 0 Å². The topological polar surface area (TPSA) is 59.4 Å². The Labute approximate surface area is 103 Å². The van der Waals surface area contributed by atoms with E-state index in [4.69, 9.17) is 9.84 Å². The number of aromatic carboxylic acids is 1. The lowest BCUT2D eigenvalue weighted by Gasteiger charge is -2.06. The number of aryl methyl sites for hydroxylation is 1. The second kappa shape index (κ2) is 4.83. The molecule has 0 saturated carbocycles. The van der Waals surface area contributed by atoms with Crippen molar-refractivity contribution in [2.75, 3.05) is 0 Å². The third kappa shape index (κ3) is 2.63. The number of carboxylic acid groups (broad SMARTS) is 1. The van der Waals surface area contributed by atoms with Gasteiger partial charge >= 0.3 is 5.97 Å². The molecule has 0 aliphatic carbocycles. The molecule has 0 aliphatic rings. The van der Waals surface area contributed by atoms with Crippen molar-refractivity contribution in [3.8, 4) is 11.6 Å². The summed E-state index contributed by atoms with van der Waals surface area (Å²) in [5.41, 5.74) is 0.456. The van der Waals surface area contributed by atoms with Gasteiger partial charge in [0.1, 0.15) is 11.6 Å². The average Bonchev–Trinajstić information content (AvgIpc) is 2.28. The van der Waals surface area contributed by atoms with Gasteiger partial charge in [-0.25, -0.2) is 14.2 Å². The highest BCUT2D eigenvalue weighted by molar-refractivity contribution is 5.88. The van der Waals surface area contributed by atoms with Crippen LogP contribution in [0.2, 0.25) is 0 Å². The molecule has 0 spiro atoms. The Bertz CT molecular complexity index is 599. The molecule has 0 bridgehead atoms. The summed E-state index contributed by atoms with van der Waals surface area (Å²) in [5.74, 6) is -0.920. The van der Waals surface area contributed by atoms with Crippen LogP contribution in [0.5, 0.6) is 11.6 Å². The molecule has 2 rings (SSSR count). The van der Waals surface area contributed by atoms with E-state index in [0.717, 1.165) is 0 Å². The van der Waals surface area contributed by atoms with E-state index in [1.807, 2.05) is 0 Å². The fourth-order valence-electron chi connectivity index (χ4n) is 1.47. The number of carboxylic acids is 1. The first-order chi connectivity index (χ1) is 8.56. The second-order valence-corrected chi connectivity index (χ2v) is 3.65. The van der Waals surface area contributed by atoms with Gasteiger partial charge in [-0.1, -0.05) is 6.07 Å². The lowest BCUT2D eigenvalue weighted by atomic mass is 10.2. The van der Waals surface area contributed by atoms with Crippen molar-refractivity contribution in [1.82, 2.24) is 4.98 Å². The Kier molecular flexibility index (Phi) is 3.23. The van der Waals surface area contributed by atoms with Gasteiger partial charge in [0, 0.05) is 12.1 Å². The van der Waals surface area contributed by atoms with E-state index in [9.17, 15) is 9.18 Å². The van der Waals surface area contributed by atoms with Gasteiger partial charge in [0.25, 0.3) is 0 Å². The second-order valence-electron chi connectivity index (χ2n) is 3.65. The molecule has 0 atom stereocenters. The monoisotopic (exact) mass is 247 g/mol. The van der Waals surface area contributed by atoms with Gasteiger partial charge in [0.2, 0.25) is 5.88 Å². The van der Waals surface area contributed by atoms with Crippen LogP contribution in [0.4, 0.5) is 4.39 Å². The van der Waals surface area contributed by atoms with Gasteiger partial charge in [-0.05, 0) is 25.1 Å². The van der Waals surface area contributed by atoms with E-state index >= 15 is 0 Å². The van der Waals surface area contributed by atoms with Gasteiger partial charge in [-0.3, -0.25) is 0 Å². The first-order valence-corrected chi connectivity index (χ1v) is 5.20. The van der Waals surface area contributed by atoms with Crippen molar-refractivity contribution in [3.05, 3.63) is 53.5 Å². The fraction of sp³-hybridized carbons (Fsp3) is 0.0769. The van der Waals surface area contributed by atoms with E-state index < -0.39 is 11.8 Å². The van der Waals surface area contributed by atoms with Gasteiger partial charge < -0.3 is 9.84 Å². The SMILES string of the molecule is Cc1nc(Oc2cccc(F)c2)ccc1C(=O)O. The van der Waals surface area contributed by atoms with Crippen LogP contribution in [0.3, 0.4) is 0 Å². The van der Waals surface area contributed by atoms with E-state index in [-0.39, 0.29) is 11.4 Å². The summed E-state index contributed by atoms with van der Waals surface area (Å²) < 4.78 is 18.3. The summed E-state index contributed by atoms with van der Waals surface area (Å²) in [7, 11) is 0. The van der Waals surface area contributed by atoms with Crippen LogP contribution >= 0.6 is 0 Å². The molecule has 1 heterocycles. The highest BCUT2D eigenvalue weighted by atomic mass is 19.1. The number of nitrogens with zero attached hydrogens (tertiary/aromatic N) is 1.